The summed E-state index contributed by atoms with van der Waals surface area (Å²) in [4.78, 5) is 31.5. The molecule has 226 valence electrons. The molecule has 2 amide bonds. The number of carbonyl (C=O) groups excluding carboxylic acids is 2. The molecule has 1 fully saturated rings. The number of ether oxygens (including phenoxy) is 1. The van der Waals surface area contributed by atoms with Crippen molar-refractivity contribution >= 4 is 50.7 Å². The molecule has 0 saturated carbocycles. The second-order valence-electron chi connectivity index (χ2n) is 11.5. The fraction of sp³-hybridized carbons (Fsp3) is 0.533. The topological polar surface area (TPSA) is 87.2 Å². The Kier molecular flexibility index (Phi) is 10.8. The Bertz CT molecular complexity index is 1390. The van der Waals surface area contributed by atoms with Crippen LogP contribution in [0.3, 0.4) is 0 Å². The average Bonchev–Trinajstić information content (AvgIpc) is 2.91. The van der Waals surface area contributed by atoms with Gasteiger partial charge >= 0.3 is 6.09 Å². The maximum absolute atomic E-state index is 13.6. The zero-order valence-corrected chi connectivity index (χ0v) is 27.3. The van der Waals surface area contributed by atoms with E-state index in [1.807, 2.05) is 33.8 Å². The summed E-state index contributed by atoms with van der Waals surface area (Å²) in [5.74, 6) is -0.491. The summed E-state index contributed by atoms with van der Waals surface area (Å²) < 4.78 is 31.0. The molecule has 1 atom stereocenters. The van der Waals surface area contributed by atoms with Crippen LogP contribution in [0.4, 0.5) is 10.5 Å². The Morgan fingerprint density at radius 2 is 1.78 bits per heavy atom. The molecule has 8 nitrogen and oxygen atoms in total. The average molecular weight is 627 g/mol. The van der Waals surface area contributed by atoms with Crippen molar-refractivity contribution in [3.63, 3.8) is 0 Å². The van der Waals surface area contributed by atoms with Crippen LogP contribution in [0.5, 0.6) is 0 Å². The number of sulfone groups is 1. The number of hydrogen-bond donors (Lipinski definition) is 0. The first-order valence-corrected chi connectivity index (χ1v) is 16.3. The summed E-state index contributed by atoms with van der Waals surface area (Å²) in [5.41, 5.74) is 1.89. The third-order valence-electron chi connectivity index (χ3n) is 7.31. The largest absolute Gasteiger partial charge is 0.444 e. The minimum Gasteiger partial charge on any atom is -0.444 e. The van der Waals surface area contributed by atoms with Gasteiger partial charge in [0.25, 0.3) is 5.91 Å². The van der Waals surface area contributed by atoms with Crippen molar-refractivity contribution in [1.82, 2.24) is 9.80 Å². The molecule has 0 spiro atoms. The molecule has 0 aliphatic carbocycles. The van der Waals surface area contributed by atoms with Gasteiger partial charge in [-0.3, -0.25) is 9.69 Å². The van der Waals surface area contributed by atoms with Crippen LogP contribution >= 0.6 is 23.2 Å². The number of anilines is 1. The van der Waals surface area contributed by atoms with Crippen LogP contribution in [0.15, 0.2) is 35.2 Å². The molecule has 41 heavy (non-hydrogen) atoms. The second-order valence-corrected chi connectivity index (χ2v) is 14.5. The Hall–Kier alpha value is -2.33. The van der Waals surface area contributed by atoms with Gasteiger partial charge in [0.2, 0.25) is 0 Å². The lowest BCUT2D eigenvalue weighted by molar-refractivity contribution is 0.0129. The van der Waals surface area contributed by atoms with Crippen molar-refractivity contribution in [1.29, 1.82) is 0 Å². The molecule has 1 heterocycles. The van der Waals surface area contributed by atoms with Crippen LogP contribution in [-0.4, -0.2) is 74.8 Å². The van der Waals surface area contributed by atoms with Gasteiger partial charge in [0.1, 0.15) is 5.60 Å². The number of likely N-dealkylation sites (N-methyl/N-ethyl adjacent to an activating group) is 1. The van der Waals surface area contributed by atoms with E-state index in [2.05, 4.69) is 4.90 Å². The van der Waals surface area contributed by atoms with Crippen molar-refractivity contribution < 1.29 is 22.7 Å². The molecule has 0 radical (unpaired) electrons. The van der Waals surface area contributed by atoms with Gasteiger partial charge < -0.3 is 14.5 Å². The highest BCUT2D eigenvalue weighted by Crippen LogP contribution is 2.32. The lowest BCUT2D eigenvalue weighted by Gasteiger charge is -2.38. The van der Waals surface area contributed by atoms with Crippen LogP contribution in [0.1, 0.15) is 68.9 Å². The number of likely N-dealkylation sites (tertiary alicyclic amines) is 1. The number of nitrogens with zero attached hydrogens (tertiary/aromatic N) is 3. The number of halogens is 2. The standard InChI is InChI=1S/C30H41Cl2N3O5S/c1-8-20-15-21(28(36)34(7)26-17-22(31)12-13-27(26)41(38,39)9-2)16-25(32)24(20)19-35-14-10-11-23(18-35)33(6)29(37)40-30(3,4)5/h12-13,15-17,23H,8-11,14,18-19H2,1-7H3/t23-/m0/s1. The number of aryl methyl sites for hydroxylation is 1. The monoisotopic (exact) mass is 625 g/mol. The van der Waals surface area contributed by atoms with Crippen LogP contribution < -0.4 is 4.90 Å². The van der Waals surface area contributed by atoms with Crippen molar-refractivity contribution in [2.75, 3.05) is 37.8 Å². The first-order chi connectivity index (χ1) is 19.1. The van der Waals surface area contributed by atoms with Gasteiger partial charge in [-0.25, -0.2) is 13.2 Å². The van der Waals surface area contributed by atoms with E-state index in [0.29, 0.717) is 35.1 Å². The fourth-order valence-electron chi connectivity index (χ4n) is 4.98. The summed E-state index contributed by atoms with van der Waals surface area (Å²) in [5, 5.41) is 0.797. The number of piperidine rings is 1. The molecule has 2 aromatic carbocycles. The zero-order valence-electron chi connectivity index (χ0n) is 25.0. The van der Waals surface area contributed by atoms with E-state index >= 15 is 0 Å². The Balaban J connectivity index is 1.84. The predicted molar refractivity (Wildman–Crippen MR) is 165 cm³/mol. The number of rotatable bonds is 8. The fourth-order valence-corrected chi connectivity index (χ4v) is 6.55. The smallest absolute Gasteiger partial charge is 0.410 e. The first-order valence-electron chi connectivity index (χ1n) is 13.9. The van der Waals surface area contributed by atoms with E-state index in [-0.39, 0.29) is 34.4 Å². The zero-order chi connectivity index (χ0) is 30.7. The van der Waals surface area contributed by atoms with Gasteiger partial charge in [0, 0.05) is 48.8 Å². The molecule has 1 aliphatic heterocycles. The molecule has 1 aliphatic rings. The normalized spacial score (nSPS) is 16.4. The SMILES string of the molecule is CCc1cc(C(=O)N(C)c2cc(Cl)ccc2S(=O)(=O)CC)cc(Cl)c1CN1CCC[C@H](N(C)C(=O)OC(C)(C)C)C1. The Morgan fingerprint density at radius 1 is 1.10 bits per heavy atom. The molecule has 1 saturated heterocycles. The number of amides is 2. The predicted octanol–water partition coefficient (Wildman–Crippen LogP) is 6.46. The Morgan fingerprint density at radius 3 is 2.39 bits per heavy atom. The molecule has 0 bridgehead atoms. The highest BCUT2D eigenvalue weighted by Gasteiger charge is 2.30. The van der Waals surface area contributed by atoms with E-state index < -0.39 is 15.4 Å². The third-order valence-corrected chi connectivity index (χ3v) is 9.66. The van der Waals surface area contributed by atoms with E-state index in [0.717, 1.165) is 30.5 Å². The number of benzene rings is 2. The van der Waals surface area contributed by atoms with E-state index in [1.165, 1.54) is 30.1 Å². The first kappa shape index (κ1) is 33.2. The van der Waals surface area contributed by atoms with Crippen molar-refractivity contribution in [3.8, 4) is 0 Å². The second kappa shape index (κ2) is 13.3. The van der Waals surface area contributed by atoms with Crippen molar-refractivity contribution in [3.05, 3.63) is 57.1 Å². The van der Waals surface area contributed by atoms with Crippen molar-refractivity contribution in [2.45, 2.75) is 77.0 Å². The maximum atomic E-state index is 13.6. The minimum absolute atomic E-state index is 0.0169. The van der Waals surface area contributed by atoms with Gasteiger partial charge in [-0.05, 0) is 88.0 Å². The molecular weight excluding hydrogens is 585 g/mol. The van der Waals surface area contributed by atoms with Gasteiger partial charge in [-0.2, -0.15) is 0 Å². The maximum Gasteiger partial charge on any atom is 0.410 e. The molecule has 0 unspecified atom stereocenters. The summed E-state index contributed by atoms with van der Waals surface area (Å²) in [6, 6.07) is 7.90. The third kappa shape index (κ3) is 8.15. The lowest BCUT2D eigenvalue weighted by atomic mass is 9.98. The highest BCUT2D eigenvalue weighted by atomic mass is 35.5. The summed E-state index contributed by atoms with van der Waals surface area (Å²) in [6.45, 7) is 11.3. The van der Waals surface area contributed by atoms with Gasteiger partial charge in [-0.15, -0.1) is 0 Å². The molecule has 2 aromatic rings. The minimum atomic E-state index is -3.59. The highest BCUT2D eigenvalue weighted by molar-refractivity contribution is 7.91. The van der Waals surface area contributed by atoms with Gasteiger partial charge in [0.15, 0.2) is 9.84 Å². The molecule has 11 heteroatoms. The van der Waals surface area contributed by atoms with Crippen LogP contribution in [0.25, 0.3) is 0 Å². The van der Waals surface area contributed by atoms with E-state index in [1.54, 1.807) is 24.9 Å². The van der Waals surface area contributed by atoms with Gasteiger partial charge in [-0.1, -0.05) is 37.0 Å². The van der Waals surface area contributed by atoms with E-state index in [9.17, 15) is 18.0 Å². The lowest BCUT2D eigenvalue weighted by Crippen LogP contribution is -2.49. The molecule has 3 rings (SSSR count). The van der Waals surface area contributed by atoms with Gasteiger partial charge in [0.05, 0.1) is 16.3 Å². The number of carbonyl (C=O) groups is 2. The Labute approximate surface area is 254 Å². The summed E-state index contributed by atoms with van der Waals surface area (Å²) >= 11 is 13.0. The van der Waals surface area contributed by atoms with Crippen molar-refractivity contribution in [2.24, 2.45) is 0 Å². The van der Waals surface area contributed by atoms with Crippen LogP contribution in [-0.2, 0) is 27.5 Å². The summed E-state index contributed by atoms with van der Waals surface area (Å²) in [6.07, 6.45) is 2.14. The summed E-state index contributed by atoms with van der Waals surface area (Å²) in [7, 11) is -0.281. The molecule has 0 aromatic heterocycles. The quantitative estimate of drug-likeness (QED) is 0.335. The number of hydrogen-bond acceptors (Lipinski definition) is 6. The van der Waals surface area contributed by atoms with Crippen LogP contribution in [0.2, 0.25) is 10.0 Å². The molecular formula is C30H41Cl2N3O5S. The molecule has 0 N–H and O–H groups in total. The van der Waals surface area contributed by atoms with E-state index in [4.69, 9.17) is 27.9 Å². The van der Waals surface area contributed by atoms with Crippen LogP contribution in [0, 0.1) is 0 Å².